The van der Waals surface area contributed by atoms with Crippen LogP contribution < -0.4 is 11.1 Å². The second-order valence-electron chi connectivity index (χ2n) is 3.37. The molecule has 1 aromatic rings. The van der Waals surface area contributed by atoms with Crippen molar-refractivity contribution < 1.29 is 4.79 Å². The molecule has 1 unspecified atom stereocenters. The number of carbonyl (C=O) groups is 1. The number of nitrogens with one attached hydrogen (secondary N) is 1. The normalized spacial score (nSPS) is 12.2. The van der Waals surface area contributed by atoms with Crippen molar-refractivity contribution in [3.63, 3.8) is 0 Å². The summed E-state index contributed by atoms with van der Waals surface area (Å²) in [5.41, 5.74) is 6.98. The van der Waals surface area contributed by atoms with Gasteiger partial charge in [0.25, 0.3) is 5.91 Å². The maximum Gasteiger partial charge on any atom is 0.251 e. The fourth-order valence-electron chi connectivity index (χ4n) is 1.04. The summed E-state index contributed by atoms with van der Waals surface area (Å²) in [6.45, 7) is 4.18. The molecule has 76 valence electrons. The number of nitrogens with zero attached hydrogens (tertiary/aromatic N) is 1. The fraction of sp³-hybridized carbons (Fsp3) is 0.400. The minimum absolute atomic E-state index is 0.0260. The lowest BCUT2D eigenvalue weighted by Gasteiger charge is -2.07. The largest absolute Gasteiger partial charge is 0.350 e. The average Bonchev–Trinajstić information content (AvgIpc) is 2.14. The SMILES string of the molecule is Cc1cc(C(=O)NCC(C)N)ccn1. The minimum atomic E-state index is -0.104. The highest BCUT2D eigenvalue weighted by Gasteiger charge is 2.05. The van der Waals surface area contributed by atoms with E-state index in [0.29, 0.717) is 12.1 Å². The van der Waals surface area contributed by atoms with Gasteiger partial charge in [0, 0.05) is 30.0 Å². The minimum Gasteiger partial charge on any atom is -0.350 e. The van der Waals surface area contributed by atoms with E-state index in [9.17, 15) is 4.79 Å². The zero-order valence-electron chi connectivity index (χ0n) is 8.45. The van der Waals surface area contributed by atoms with E-state index < -0.39 is 0 Å². The Balaban J connectivity index is 2.61. The van der Waals surface area contributed by atoms with Crippen molar-refractivity contribution >= 4 is 5.91 Å². The molecule has 0 aromatic carbocycles. The van der Waals surface area contributed by atoms with Crippen LogP contribution in [0.5, 0.6) is 0 Å². The van der Waals surface area contributed by atoms with Crippen molar-refractivity contribution in [3.05, 3.63) is 29.6 Å². The number of aromatic nitrogens is 1. The maximum atomic E-state index is 11.5. The standard InChI is InChI=1S/C10H15N3O/c1-7(11)6-13-10(14)9-3-4-12-8(2)5-9/h3-5,7H,6,11H2,1-2H3,(H,13,14). The van der Waals surface area contributed by atoms with Gasteiger partial charge in [0.2, 0.25) is 0 Å². The highest BCUT2D eigenvalue weighted by molar-refractivity contribution is 5.94. The van der Waals surface area contributed by atoms with Crippen LogP contribution in [-0.4, -0.2) is 23.5 Å². The molecule has 0 saturated carbocycles. The Kier molecular flexibility index (Phi) is 3.59. The molecule has 1 rings (SSSR count). The summed E-state index contributed by atoms with van der Waals surface area (Å²) in [5.74, 6) is -0.104. The molecule has 0 bridgehead atoms. The summed E-state index contributed by atoms with van der Waals surface area (Å²) in [4.78, 5) is 15.5. The van der Waals surface area contributed by atoms with Gasteiger partial charge in [-0.15, -0.1) is 0 Å². The van der Waals surface area contributed by atoms with E-state index >= 15 is 0 Å². The lowest BCUT2D eigenvalue weighted by Crippen LogP contribution is -2.35. The van der Waals surface area contributed by atoms with E-state index in [-0.39, 0.29) is 11.9 Å². The summed E-state index contributed by atoms with van der Waals surface area (Å²) in [6, 6.07) is 3.40. The number of nitrogens with two attached hydrogens (primary N) is 1. The van der Waals surface area contributed by atoms with Gasteiger partial charge >= 0.3 is 0 Å². The molecule has 1 heterocycles. The highest BCUT2D eigenvalue weighted by atomic mass is 16.1. The second-order valence-corrected chi connectivity index (χ2v) is 3.37. The molecule has 1 atom stereocenters. The van der Waals surface area contributed by atoms with Crippen LogP contribution in [0.2, 0.25) is 0 Å². The number of rotatable bonds is 3. The monoisotopic (exact) mass is 193 g/mol. The molecule has 4 nitrogen and oxygen atoms in total. The maximum absolute atomic E-state index is 11.5. The molecule has 0 aliphatic heterocycles. The number of hydrogen-bond donors (Lipinski definition) is 2. The molecule has 1 amide bonds. The Hall–Kier alpha value is -1.42. The van der Waals surface area contributed by atoms with Crippen LogP contribution in [0.25, 0.3) is 0 Å². The van der Waals surface area contributed by atoms with Crippen LogP contribution in [0.1, 0.15) is 23.0 Å². The van der Waals surface area contributed by atoms with Gasteiger partial charge in [-0.1, -0.05) is 0 Å². The quantitative estimate of drug-likeness (QED) is 0.733. The van der Waals surface area contributed by atoms with Gasteiger partial charge in [-0.05, 0) is 26.0 Å². The molecule has 0 spiro atoms. The van der Waals surface area contributed by atoms with E-state index in [2.05, 4.69) is 10.3 Å². The number of aryl methyl sites for hydroxylation is 1. The van der Waals surface area contributed by atoms with Crippen LogP contribution in [0.15, 0.2) is 18.3 Å². The predicted octanol–water partition coefficient (Wildman–Crippen LogP) is 0.467. The van der Waals surface area contributed by atoms with Gasteiger partial charge in [0.1, 0.15) is 0 Å². The number of hydrogen-bond acceptors (Lipinski definition) is 3. The average molecular weight is 193 g/mol. The van der Waals surface area contributed by atoms with E-state index in [0.717, 1.165) is 5.69 Å². The summed E-state index contributed by atoms with van der Waals surface area (Å²) < 4.78 is 0. The van der Waals surface area contributed by atoms with Crippen LogP contribution in [0, 0.1) is 6.92 Å². The molecule has 0 radical (unpaired) electrons. The first-order valence-electron chi connectivity index (χ1n) is 4.56. The molecule has 1 aromatic heterocycles. The second kappa shape index (κ2) is 4.72. The Morgan fingerprint density at radius 2 is 2.43 bits per heavy atom. The lowest BCUT2D eigenvalue weighted by molar-refractivity contribution is 0.0951. The molecule has 14 heavy (non-hydrogen) atoms. The molecule has 3 N–H and O–H groups in total. The van der Waals surface area contributed by atoms with E-state index in [4.69, 9.17) is 5.73 Å². The Morgan fingerprint density at radius 1 is 1.71 bits per heavy atom. The smallest absolute Gasteiger partial charge is 0.251 e. The first-order chi connectivity index (χ1) is 6.59. The molecule has 0 fully saturated rings. The number of amides is 1. The summed E-state index contributed by atoms with van der Waals surface area (Å²) >= 11 is 0. The number of pyridine rings is 1. The Bertz CT molecular complexity index is 323. The molecule has 0 aliphatic rings. The van der Waals surface area contributed by atoms with E-state index in [1.807, 2.05) is 13.8 Å². The highest BCUT2D eigenvalue weighted by Crippen LogP contribution is 1.99. The van der Waals surface area contributed by atoms with Gasteiger partial charge in [-0.3, -0.25) is 9.78 Å². The van der Waals surface area contributed by atoms with Crippen molar-refractivity contribution in [1.82, 2.24) is 10.3 Å². The van der Waals surface area contributed by atoms with Gasteiger partial charge in [-0.25, -0.2) is 0 Å². The molecular weight excluding hydrogens is 178 g/mol. The summed E-state index contributed by atoms with van der Waals surface area (Å²) in [6.07, 6.45) is 1.62. The van der Waals surface area contributed by atoms with Crippen molar-refractivity contribution in [2.75, 3.05) is 6.54 Å². The third-order valence-electron chi connectivity index (χ3n) is 1.74. The third kappa shape index (κ3) is 3.14. The predicted molar refractivity (Wildman–Crippen MR) is 55.0 cm³/mol. The Labute approximate surface area is 83.5 Å². The van der Waals surface area contributed by atoms with Gasteiger partial charge in [0.05, 0.1) is 0 Å². The van der Waals surface area contributed by atoms with Crippen LogP contribution >= 0.6 is 0 Å². The molecule has 4 heteroatoms. The first kappa shape index (κ1) is 10.7. The van der Waals surface area contributed by atoms with Crippen LogP contribution in [0.4, 0.5) is 0 Å². The zero-order chi connectivity index (χ0) is 10.6. The lowest BCUT2D eigenvalue weighted by atomic mass is 10.2. The van der Waals surface area contributed by atoms with Gasteiger partial charge < -0.3 is 11.1 Å². The topological polar surface area (TPSA) is 68.0 Å². The van der Waals surface area contributed by atoms with Gasteiger partial charge in [-0.2, -0.15) is 0 Å². The van der Waals surface area contributed by atoms with Crippen LogP contribution in [0.3, 0.4) is 0 Å². The van der Waals surface area contributed by atoms with Crippen molar-refractivity contribution in [1.29, 1.82) is 0 Å². The zero-order valence-corrected chi connectivity index (χ0v) is 8.45. The molecule has 0 saturated heterocycles. The molecular formula is C10H15N3O. The fourth-order valence-corrected chi connectivity index (χ4v) is 1.04. The van der Waals surface area contributed by atoms with Crippen molar-refractivity contribution in [2.45, 2.75) is 19.9 Å². The third-order valence-corrected chi connectivity index (χ3v) is 1.74. The van der Waals surface area contributed by atoms with Crippen molar-refractivity contribution in [3.8, 4) is 0 Å². The van der Waals surface area contributed by atoms with Crippen LogP contribution in [-0.2, 0) is 0 Å². The van der Waals surface area contributed by atoms with E-state index in [1.165, 1.54) is 0 Å². The molecule has 0 aliphatic carbocycles. The summed E-state index contributed by atoms with van der Waals surface area (Å²) in [5, 5.41) is 2.73. The van der Waals surface area contributed by atoms with Gasteiger partial charge in [0.15, 0.2) is 0 Å². The van der Waals surface area contributed by atoms with Crippen molar-refractivity contribution in [2.24, 2.45) is 5.73 Å². The summed E-state index contributed by atoms with van der Waals surface area (Å²) in [7, 11) is 0. The first-order valence-corrected chi connectivity index (χ1v) is 4.56. The Morgan fingerprint density at radius 3 is 3.00 bits per heavy atom. The number of carbonyl (C=O) groups excluding carboxylic acids is 1. The van der Waals surface area contributed by atoms with E-state index in [1.54, 1.807) is 18.3 Å².